The minimum atomic E-state index is -1.21. The van der Waals surface area contributed by atoms with Gasteiger partial charge < -0.3 is 5.11 Å². The number of carboxylic acid groups (broad SMARTS) is 1. The van der Waals surface area contributed by atoms with Crippen molar-refractivity contribution in [2.24, 2.45) is 4.99 Å². The molecule has 0 spiro atoms. The molecule has 0 fully saturated rings. The number of nitrogens with zero attached hydrogens (tertiary/aromatic N) is 3. The van der Waals surface area contributed by atoms with Gasteiger partial charge in [0.15, 0.2) is 5.17 Å². The van der Waals surface area contributed by atoms with Crippen molar-refractivity contribution in [1.29, 1.82) is 0 Å². The van der Waals surface area contributed by atoms with Gasteiger partial charge in [-0.2, -0.15) is 4.99 Å². The van der Waals surface area contributed by atoms with Gasteiger partial charge in [0.1, 0.15) is 5.69 Å². The summed E-state index contributed by atoms with van der Waals surface area (Å²) in [5.74, 6) is -1.91. The molecule has 2 heterocycles. The molecule has 2 rings (SSSR count). The van der Waals surface area contributed by atoms with Crippen LogP contribution in [-0.4, -0.2) is 27.1 Å². The number of carboxylic acids is 1. The van der Waals surface area contributed by atoms with Gasteiger partial charge >= 0.3 is 5.97 Å². The van der Waals surface area contributed by atoms with Crippen molar-refractivity contribution >= 4 is 28.8 Å². The second kappa shape index (κ2) is 5.66. The van der Waals surface area contributed by atoms with Crippen LogP contribution in [0, 0.1) is 0 Å². The van der Waals surface area contributed by atoms with Crippen molar-refractivity contribution in [2.75, 3.05) is 0 Å². The summed E-state index contributed by atoms with van der Waals surface area (Å²) in [4.78, 5) is 31.5. The lowest BCUT2D eigenvalue weighted by Gasteiger charge is -2.00. The molecule has 1 aliphatic heterocycles. The van der Waals surface area contributed by atoms with Gasteiger partial charge in [0.25, 0.3) is 5.91 Å². The SMILES string of the molecule is CCC1=C[N]C(=NC(=O)c2ncccc2C(=O)O)S1. The molecule has 1 radical (unpaired) electrons. The standard InChI is InChI=1S/C12H10N3O3S/c1-2-7-6-14-12(19-7)15-10(16)9-8(11(17)18)4-3-5-13-9/h3-6H,2H2,1H3,(H,17,18). The number of rotatable bonds is 3. The molecular formula is C12H10N3O3S. The van der Waals surface area contributed by atoms with Crippen LogP contribution in [-0.2, 0) is 0 Å². The number of aliphatic imine (C=N–C) groups is 1. The Morgan fingerprint density at radius 1 is 1.47 bits per heavy atom. The third-order valence-electron chi connectivity index (χ3n) is 2.33. The van der Waals surface area contributed by atoms with Crippen LogP contribution in [0.2, 0.25) is 0 Å². The number of carbonyl (C=O) groups is 2. The summed E-state index contributed by atoms with van der Waals surface area (Å²) in [5.41, 5.74) is -0.341. The van der Waals surface area contributed by atoms with E-state index in [0.717, 1.165) is 11.3 Å². The van der Waals surface area contributed by atoms with E-state index >= 15 is 0 Å². The fraction of sp³-hybridized carbons (Fsp3) is 0.167. The smallest absolute Gasteiger partial charge is 0.338 e. The quantitative estimate of drug-likeness (QED) is 0.909. The van der Waals surface area contributed by atoms with Gasteiger partial charge in [-0.25, -0.2) is 10.1 Å². The molecule has 1 N–H and O–H groups in total. The number of aromatic carboxylic acids is 1. The van der Waals surface area contributed by atoms with E-state index in [1.54, 1.807) is 6.20 Å². The number of thioether (sulfide) groups is 1. The molecule has 0 unspecified atom stereocenters. The molecule has 6 nitrogen and oxygen atoms in total. The summed E-state index contributed by atoms with van der Waals surface area (Å²) < 4.78 is 0. The highest BCUT2D eigenvalue weighted by Gasteiger charge is 2.20. The largest absolute Gasteiger partial charge is 0.478 e. The van der Waals surface area contributed by atoms with E-state index in [1.165, 1.54) is 30.1 Å². The fourth-order valence-corrected chi connectivity index (χ4v) is 2.12. The molecule has 1 aromatic heterocycles. The molecule has 0 saturated heterocycles. The lowest BCUT2D eigenvalue weighted by atomic mass is 10.2. The average Bonchev–Trinajstić information content (AvgIpc) is 2.86. The summed E-state index contributed by atoms with van der Waals surface area (Å²) in [6, 6.07) is 2.77. The summed E-state index contributed by atoms with van der Waals surface area (Å²) in [6.07, 6.45) is 3.81. The Kier molecular flexibility index (Phi) is 3.96. The maximum atomic E-state index is 11.9. The summed E-state index contributed by atoms with van der Waals surface area (Å²) in [5, 5.41) is 13.3. The normalized spacial score (nSPS) is 16.1. The van der Waals surface area contributed by atoms with Crippen LogP contribution in [0.25, 0.3) is 0 Å². The van der Waals surface area contributed by atoms with Crippen LogP contribution >= 0.6 is 11.8 Å². The van der Waals surface area contributed by atoms with Crippen molar-refractivity contribution in [3.63, 3.8) is 0 Å². The van der Waals surface area contributed by atoms with E-state index in [0.29, 0.717) is 5.17 Å². The Hall–Kier alpha value is -2.15. The van der Waals surface area contributed by atoms with Crippen molar-refractivity contribution < 1.29 is 14.7 Å². The van der Waals surface area contributed by atoms with Crippen LogP contribution in [0.15, 0.2) is 34.4 Å². The predicted octanol–water partition coefficient (Wildman–Crippen LogP) is 1.88. The Balaban J connectivity index is 2.22. The van der Waals surface area contributed by atoms with E-state index in [9.17, 15) is 9.59 Å². The van der Waals surface area contributed by atoms with Gasteiger partial charge in [0.2, 0.25) is 0 Å². The van der Waals surface area contributed by atoms with Crippen LogP contribution in [0.4, 0.5) is 0 Å². The Morgan fingerprint density at radius 3 is 2.89 bits per heavy atom. The molecule has 0 aliphatic carbocycles. The number of hydrogen-bond acceptors (Lipinski definition) is 4. The number of amidine groups is 1. The molecule has 0 aromatic carbocycles. The molecule has 97 valence electrons. The molecule has 7 heteroatoms. The number of hydrogen-bond donors (Lipinski definition) is 1. The topological polar surface area (TPSA) is 93.7 Å². The highest BCUT2D eigenvalue weighted by molar-refractivity contribution is 8.17. The van der Waals surface area contributed by atoms with Gasteiger partial charge in [0.05, 0.1) is 5.56 Å². The number of carbonyl (C=O) groups excluding carboxylic acids is 1. The van der Waals surface area contributed by atoms with Crippen molar-refractivity contribution in [1.82, 2.24) is 10.3 Å². The second-order valence-corrected chi connectivity index (χ2v) is 4.68. The maximum Gasteiger partial charge on any atom is 0.338 e. The zero-order valence-electron chi connectivity index (χ0n) is 10.0. The third kappa shape index (κ3) is 3.00. The average molecular weight is 276 g/mol. The minimum Gasteiger partial charge on any atom is -0.478 e. The first kappa shape index (κ1) is 13.3. The Morgan fingerprint density at radius 2 is 2.26 bits per heavy atom. The van der Waals surface area contributed by atoms with Crippen molar-refractivity contribution in [3.05, 3.63) is 40.7 Å². The van der Waals surface area contributed by atoms with Crippen LogP contribution in [0.5, 0.6) is 0 Å². The molecule has 1 aliphatic rings. The first-order chi connectivity index (χ1) is 9.11. The van der Waals surface area contributed by atoms with Gasteiger partial charge in [-0.3, -0.25) is 9.78 Å². The summed E-state index contributed by atoms with van der Waals surface area (Å²) in [6.45, 7) is 1.97. The Labute approximate surface area is 113 Å². The number of amides is 1. The maximum absolute atomic E-state index is 11.9. The molecule has 0 atom stereocenters. The van der Waals surface area contributed by atoms with Crippen molar-refractivity contribution in [3.8, 4) is 0 Å². The predicted molar refractivity (Wildman–Crippen MR) is 71.1 cm³/mol. The Bertz CT molecular complexity index is 596. The second-order valence-electron chi connectivity index (χ2n) is 3.58. The lowest BCUT2D eigenvalue weighted by Crippen LogP contribution is -2.11. The zero-order chi connectivity index (χ0) is 13.8. The van der Waals surface area contributed by atoms with Gasteiger partial charge in [-0.15, -0.1) is 0 Å². The molecule has 0 saturated carbocycles. The summed E-state index contributed by atoms with van der Waals surface area (Å²) in [7, 11) is 0. The fourth-order valence-electron chi connectivity index (χ4n) is 1.40. The molecule has 1 amide bonds. The van der Waals surface area contributed by atoms with E-state index in [2.05, 4.69) is 15.3 Å². The van der Waals surface area contributed by atoms with E-state index < -0.39 is 11.9 Å². The lowest BCUT2D eigenvalue weighted by molar-refractivity contribution is 0.0691. The van der Waals surface area contributed by atoms with Gasteiger partial charge in [0, 0.05) is 17.3 Å². The van der Waals surface area contributed by atoms with Crippen LogP contribution in [0.3, 0.4) is 0 Å². The first-order valence-corrected chi connectivity index (χ1v) is 6.32. The first-order valence-electron chi connectivity index (χ1n) is 5.51. The number of allylic oxidation sites excluding steroid dienone is 1. The molecule has 19 heavy (non-hydrogen) atoms. The van der Waals surface area contributed by atoms with E-state index in [1.807, 2.05) is 6.92 Å². The minimum absolute atomic E-state index is 0.163. The highest BCUT2D eigenvalue weighted by atomic mass is 32.2. The number of aromatic nitrogens is 1. The number of pyridine rings is 1. The van der Waals surface area contributed by atoms with Gasteiger partial charge in [-0.1, -0.05) is 18.7 Å². The molecule has 0 bridgehead atoms. The van der Waals surface area contributed by atoms with E-state index in [4.69, 9.17) is 5.11 Å². The monoisotopic (exact) mass is 276 g/mol. The summed E-state index contributed by atoms with van der Waals surface area (Å²) >= 11 is 1.30. The van der Waals surface area contributed by atoms with E-state index in [-0.39, 0.29) is 11.3 Å². The molecular weight excluding hydrogens is 266 g/mol. The highest BCUT2D eigenvalue weighted by Crippen LogP contribution is 2.25. The third-order valence-corrected chi connectivity index (χ3v) is 3.36. The van der Waals surface area contributed by atoms with Gasteiger partial charge in [-0.05, 0) is 18.6 Å². The van der Waals surface area contributed by atoms with Crippen LogP contribution in [0.1, 0.15) is 34.2 Å². The van der Waals surface area contributed by atoms with Crippen LogP contribution < -0.4 is 5.32 Å². The zero-order valence-corrected chi connectivity index (χ0v) is 10.8. The molecule has 1 aromatic rings. The van der Waals surface area contributed by atoms with Crippen molar-refractivity contribution in [2.45, 2.75) is 13.3 Å².